The van der Waals surface area contributed by atoms with Crippen LogP contribution in [-0.2, 0) is 0 Å². The molecule has 9 heteroatoms. The molecule has 2 unspecified atom stereocenters. The maximum Gasteiger partial charge on any atom is 0.244 e. The van der Waals surface area contributed by atoms with Crippen molar-refractivity contribution >= 4 is 17.5 Å². The van der Waals surface area contributed by atoms with Gasteiger partial charge in [0, 0.05) is 16.5 Å². The number of hydrogen-bond donors (Lipinski definition) is 2. The Morgan fingerprint density at radius 1 is 1.13 bits per heavy atom. The topological polar surface area (TPSA) is 113 Å². The molecule has 0 aliphatic carbocycles. The van der Waals surface area contributed by atoms with Crippen molar-refractivity contribution in [2.45, 2.75) is 5.92 Å². The summed E-state index contributed by atoms with van der Waals surface area (Å²) in [6.45, 7) is 0. The number of rotatable bonds is 5. The first-order valence-electron chi connectivity index (χ1n) is 9.32. The first-order chi connectivity index (χ1) is 15.0. The molecule has 1 aliphatic rings. The number of methoxy groups -OCH3 is 3. The van der Waals surface area contributed by atoms with Gasteiger partial charge in [-0.15, -0.1) is 5.10 Å². The summed E-state index contributed by atoms with van der Waals surface area (Å²) in [6.07, 6.45) is 0. The third-order valence-electron chi connectivity index (χ3n) is 5.20. The van der Waals surface area contributed by atoms with Crippen molar-refractivity contribution < 1.29 is 18.9 Å². The van der Waals surface area contributed by atoms with Gasteiger partial charge in [0.05, 0.1) is 38.7 Å². The molecule has 2 heterocycles. The number of benzene rings is 2. The molecule has 1 aliphatic heterocycles. The second-order valence-electron chi connectivity index (χ2n) is 6.84. The fourth-order valence-electron chi connectivity index (χ4n) is 3.82. The van der Waals surface area contributed by atoms with Crippen LogP contribution in [0, 0.1) is 22.7 Å². The van der Waals surface area contributed by atoms with Gasteiger partial charge >= 0.3 is 0 Å². The van der Waals surface area contributed by atoms with Gasteiger partial charge in [0.15, 0.2) is 11.5 Å². The standard InChI is InChI=1S/C22H19ClN4O4/c1-28-15-8-12(9-16(29-2)20(15)30-3)19-18-17(11-5-4-6-13(23)7-11)14(10-24)21(25)31-22(18)27-26-19/h4-9,14,17,25H,1-3H3,(H,26,27). The van der Waals surface area contributed by atoms with Crippen LogP contribution < -0.4 is 18.9 Å². The number of nitrogens with one attached hydrogen (secondary N) is 2. The summed E-state index contributed by atoms with van der Waals surface area (Å²) < 4.78 is 21.9. The molecule has 0 radical (unpaired) electrons. The average Bonchev–Trinajstić information content (AvgIpc) is 3.20. The number of hydrogen-bond acceptors (Lipinski definition) is 7. The number of halogens is 1. The van der Waals surface area contributed by atoms with E-state index in [1.165, 1.54) is 21.3 Å². The summed E-state index contributed by atoms with van der Waals surface area (Å²) >= 11 is 6.22. The molecular weight excluding hydrogens is 420 g/mol. The molecule has 31 heavy (non-hydrogen) atoms. The zero-order valence-corrected chi connectivity index (χ0v) is 17.8. The Kier molecular flexibility index (Phi) is 5.44. The SMILES string of the molecule is COc1cc(-c2[nH]nc3c2C(c2cccc(Cl)c2)C(C#N)C(=N)O3)cc(OC)c1OC. The van der Waals surface area contributed by atoms with Gasteiger partial charge in [-0.3, -0.25) is 10.5 Å². The molecular formula is C22H19ClN4O4. The van der Waals surface area contributed by atoms with Crippen molar-refractivity contribution in [3.63, 3.8) is 0 Å². The molecule has 0 amide bonds. The first-order valence-corrected chi connectivity index (χ1v) is 9.70. The number of ether oxygens (including phenoxy) is 4. The van der Waals surface area contributed by atoms with E-state index < -0.39 is 11.8 Å². The minimum absolute atomic E-state index is 0.164. The van der Waals surface area contributed by atoms with Crippen LogP contribution in [0.2, 0.25) is 5.02 Å². The smallest absolute Gasteiger partial charge is 0.244 e. The lowest BCUT2D eigenvalue weighted by Crippen LogP contribution is -2.30. The number of aromatic amines is 1. The van der Waals surface area contributed by atoms with Gasteiger partial charge in [-0.25, -0.2) is 0 Å². The van der Waals surface area contributed by atoms with Crippen LogP contribution in [0.5, 0.6) is 23.1 Å². The van der Waals surface area contributed by atoms with E-state index in [4.69, 9.17) is 36.0 Å². The molecule has 0 spiro atoms. The number of H-pyrrole nitrogens is 1. The molecule has 1 aromatic heterocycles. The molecule has 8 nitrogen and oxygen atoms in total. The number of fused-ring (bicyclic) bond motifs is 1. The summed E-state index contributed by atoms with van der Waals surface area (Å²) in [5, 5.41) is 25.8. The van der Waals surface area contributed by atoms with Crippen molar-refractivity contribution in [1.29, 1.82) is 10.7 Å². The van der Waals surface area contributed by atoms with E-state index in [1.54, 1.807) is 24.3 Å². The Bertz CT molecular complexity index is 1180. The van der Waals surface area contributed by atoms with Gasteiger partial charge in [0.1, 0.15) is 5.92 Å². The predicted molar refractivity (Wildman–Crippen MR) is 114 cm³/mol. The van der Waals surface area contributed by atoms with Crippen molar-refractivity contribution in [2.75, 3.05) is 21.3 Å². The quantitative estimate of drug-likeness (QED) is 0.610. The average molecular weight is 439 g/mol. The van der Waals surface area contributed by atoms with Crippen molar-refractivity contribution in [2.24, 2.45) is 5.92 Å². The minimum Gasteiger partial charge on any atom is -0.493 e. The molecule has 0 bridgehead atoms. The summed E-state index contributed by atoms with van der Waals surface area (Å²) in [5.74, 6) is 0.133. The molecule has 0 saturated carbocycles. The molecule has 2 atom stereocenters. The highest BCUT2D eigenvalue weighted by Crippen LogP contribution is 2.48. The second kappa shape index (κ2) is 8.20. The van der Waals surface area contributed by atoms with E-state index in [0.29, 0.717) is 39.1 Å². The van der Waals surface area contributed by atoms with E-state index in [1.807, 2.05) is 12.1 Å². The highest BCUT2D eigenvalue weighted by Gasteiger charge is 2.41. The third kappa shape index (κ3) is 3.43. The first kappa shape index (κ1) is 20.6. The summed E-state index contributed by atoms with van der Waals surface area (Å²) in [6, 6.07) is 13.0. The Hall–Kier alpha value is -3.70. The van der Waals surface area contributed by atoms with Gasteiger partial charge in [-0.1, -0.05) is 23.7 Å². The molecule has 2 N–H and O–H groups in total. The van der Waals surface area contributed by atoms with Gasteiger partial charge in [-0.05, 0) is 29.8 Å². The molecule has 0 fully saturated rings. The summed E-state index contributed by atoms with van der Waals surface area (Å²) in [4.78, 5) is 0. The highest BCUT2D eigenvalue weighted by molar-refractivity contribution is 6.30. The van der Waals surface area contributed by atoms with Gasteiger partial charge < -0.3 is 18.9 Å². The van der Waals surface area contributed by atoms with Crippen LogP contribution in [0.15, 0.2) is 36.4 Å². The van der Waals surface area contributed by atoms with Crippen LogP contribution in [-0.4, -0.2) is 37.4 Å². The number of nitriles is 1. The van der Waals surface area contributed by atoms with Crippen LogP contribution in [0.4, 0.5) is 0 Å². The predicted octanol–water partition coefficient (Wildman–Crippen LogP) is 4.40. The second-order valence-corrected chi connectivity index (χ2v) is 7.27. The van der Waals surface area contributed by atoms with Crippen LogP contribution in [0.3, 0.4) is 0 Å². The maximum atomic E-state index is 9.83. The van der Waals surface area contributed by atoms with Crippen LogP contribution in [0.25, 0.3) is 11.3 Å². The van der Waals surface area contributed by atoms with E-state index in [9.17, 15) is 5.26 Å². The largest absolute Gasteiger partial charge is 0.493 e. The fourth-order valence-corrected chi connectivity index (χ4v) is 4.02. The minimum atomic E-state index is -0.843. The summed E-state index contributed by atoms with van der Waals surface area (Å²) in [5.41, 5.74) is 2.75. The number of aromatic nitrogens is 2. The van der Waals surface area contributed by atoms with Crippen molar-refractivity contribution in [1.82, 2.24) is 10.2 Å². The highest BCUT2D eigenvalue weighted by atomic mass is 35.5. The van der Waals surface area contributed by atoms with E-state index in [0.717, 1.165) is 5.56 Å². The Labute approximate surface area is 183 Å². The lowest BCUT2D eigenvalue weighted by Gasteiger charge is -2.28. The molecule has 2 aromatic carbocycles. The maximum absolute atomic E-state index is 9.83. The lowest BCUT2D eigenvalue weighted by atomic mass is 9.79. The molecule has 0 saturated heterocycles. The molecule has 4 rings (SSSR count). The summed E-state index contributed by atoms with van der Waals surface area (Å²) in [7, 11) is 4.60. The number of nitrogens with zero attached hydrogens (tertiary/aromatic N) is 2. The van der Waals surface area contributed by atoms with E-state index in [2.05, 4.69) is 16.3 Å². The van der Waals surface area contributed by atoms with Crippen molar-refractivity contribution in [3.8, 4) is 40.5 Å². The van der Waals surface area contributed by atoms with Gasteiger partial charge in [0.25, 0.3) is 0 Å². The van der Waals surface area contributed by atoms with Gasteiger partial charge in [-0.2, -0.15) is 5.26 Å². The van der Waals surface area contributed by atoms with Crippen LogP contribution in [0.1, 0.15) is 17.0 Å². The zero-order chi connectivity index (χ0) is 22.1. The Morgan fingerprint density at radius 2 is 1.84 bits per heavy atom. The monoisotopic (exact) mass is 438 g/mol. The normalized spacial score (nSPS) is 17.3. The zero-order valence-electron chi connectivity index (χ0n) is 17.0. The molecule has 158 valence electrons. The molecule has 3 aromatic rings. The van der Waals surface area contributed by atoms with Crippen LogP contribution >= 0.6 is 11.6 Å². The lowest BCUT2D eigenvalue weighted by molar-refractivity contribution is 0.324. The Morgan fingerprint density at radius 3 is 2.42 bits per heavy atom. The third-order valence-corrected chi connectivity index (χ3v) is 5.44. The van der Waals surface area contributed by atoms with Gasteiger partial charge in [0.2, 0.25) is 17.5 Å². The van der Waals surface area contributed by atoms with E-state index in [-0.39, 0.29) is 11.8 Å². The fraction of sp³-hybridized carbons (Fsp3) is 0.227. The van der Waals surface area contributed by atoms with E-state index >= 15 is 0 Å². The van der Waals surface area contributed by atoms with Crippen molar-refractivity contribution in [3.05, 3.63) is 52.5 Å². The Balaban J connectivity index is 1.96.